The molecule has 6 aliphatic heterocycles. The molecule has 17 bridgehead atoms. The van der Waals surface area contributed by atoms with E-state index < -0.39 is 136 Å². The zero-order valence-corrected chi connectivity index (χ0v) is 48.5. The van der Waals surface area contributed by atoms with Gasteiger partial charge in [0.1, 0.15) is 88.6 Å². The number of aliphatic hydroxyl groups excluding tert-OH is 1. The van der Waals surface area contributed by atoms with Crippen molar-refractivity contribution < 1.29 is 83.5 Å². The van der Waals surface area contributed by atoms with Crippen LogP contribution in [0.4, 0.5) is 0 Å². The third-order valence-corrected chi connectivity index (χ3v) is 16.0. The Labute approximate surface area is 519 Å². The van der Waals surface area contributed by atoms with Gasteiger partial charge in [-0.05, 0) is 138 Å². The number of hydrogen-bond acceptors (Lipinski definition) is 19. The maximum Gasteiger partial charge on any atom is 0.248 e. The SMILES string of the molecule is CNCCCNC(=O)[C@H]1NC(=O)[C@H]2NC(=O)[C@H](NC(=O)[C@@H]3NC(=O)[C@H]4NC(=O)[C@@H](Cc5ccc(c(Cl)c5)Oc5cc3cc(c5O)Oc3ccc(cc3Cl)[C@H]2O)NC(=O)[C@H](N)c2ccc(O)c(c2)Oc2cc(O)cc4c2)c2ccc(O)c(c2)-c2c(O)cc(O)cc21. The molecule has 0 saturated heterocycles. The summed E-state index contributed by atoms with van der Waals surface area (Å²) in [6.45, 7) is 0.498. The third kappa shape index (κ3) is 12.4. The quantitative estimate of drug-likeness (QED) is 0.104. The summed E-state index contributed by atoms with van der Waals surface area (Å²) in [6, 6.07) is 9.37. The molecule has 7 aromatic rings. The Morgan fingerprint density at radius 2 is 1.14 bits per heavy atom. The molecule has 464 valence electrons. The second kappa shape index (κ2) is 24.9. The molecule has 0 spiro atoms. The number of phenolic OH excluding ortho intramolecular Hbond substituents is 6. The maximum absolute atomic E-state index is 15.8. The normalized spacial score (nSPS) is 21.4. The molecule has 6 aliphatic rings. The van der Waals surface area contributed by atoms with E-state index in [4.69, 9.17) is 43.1 Å². The van der Waals surface area contributed by atoms with E-state index in [1.54, 1.807) is 7.05 Å². The Balaban J connectivity index is 1.13. The molecule has 7 amide bonds. The fourth-order valence-corrected chi connectivity index (χ4v) is 11.3. The molecule has 0 aliphatic carbocycles. The standard InChI is InChI=1S/C62H55Cl2N9O17/c1-66-11-2-12-67-58(83)52-35-23-32(75)24-41(78)47(35)34-17-27(5-7-39(34)76)49-59(84)73-53(62(87)72-52)54(79)28-6-10-43(37(64)18-28)90-46-21-30-20-45(55(46)80)89-42-9-3-25(13-36(42)63)14-38-56(81)69-50(60(85)71-51(30)61(86)70-49)29-15-31(74)22-33(16-29)88-44-19-26(4-8-40(44)77)48(65)57(82)68-38/h3-10,13,15-24,38,48-54,66,74-80H,2,11-12,14,65H2,1H3,(H,67,83)(H,68,82)(H,69,81)(H,70,86)(H,71,85)(H,72,87)(H,73,84)/t38-,48-,49-,50+,51-,52+,53+,54-/m1/s1. The lowest BCUT2D eigenvalue weighted by atomic mass is 9.89. The van der Waals surface area contributed by atoms with E-state index in [1.807, 2.05) is 0 Å². The van der Waals surface area contributed by atoms with Gasteiger partial charge in [-0.1, -0.05) is 47.5 Å². The van der Waals surface area contributed by atoms with Gasteiger partial charge in [-0.15, -0.1) is 0 Å². The summed E-state index contributed by atoms with van der Waals surface area (Å²) in [7, 11) is 1.69. The number of rotatable bonds is 5. The molecule has 13 rings (SSSR count). The highest BCUT2D eigenvalue weighted by atomic mass is 35.5. The topological polar surface area (TPSA) is 411 Å². The molecular weight excluding hydrogens is 1210 g/mol. The lowest BCUT2D eigenvalue weighted by Crippen LogP contribution is -2.56. The van der Waals surface area contributed by atoms with Crippen molar-refractivity contribution in [2.24, 2.45) is 5.73 Å². The molecule has 0 saturated carbocycles. The summed E-state index contributed by atoms with van der Waals surface area (Å²) in [6.07, 6.45) is -2.02. The number of hydrogen-bond donors (Lipinski definition) is 16. The molecule has 6 heterocycles. The van der Waals surface area contributed by atoms with Crippen molar-refractivity contribution >= 4 is 64.6 Å². The van der Waals surface area contributed by atoms with Crippen molar-refractivity contribution in [2.45, 2.75) is 61.2 Å². The molecule has 0 aromatic heterocycles. The van der Waals surface area contributed by atoms with Crippen LogP contribution in [0.3, 0.4) is 0 Å². The Bertz CT molecular complexity index is 4130. The van der Waals surface area contributed by atoms with Gasteiger partial charge in [-0.2, -0.15) is 0 Å². The van der Waals surface area contributed by atoms with Crippen molar-refractivity contribution in [1.29, 1.82) is 0 Å². The lowest BCUT2D eigenvalue weighted by molar-refractivity contribution is -0.137. The van der Waals surface area contributed by atoms with Crippen molar-refractivity contribution in [2.75, 3.05) is 20.1 Å². The number of phenols is 6. The van der Waals surface area contributed by atoms with E-state index in [-0.39, 0.29) is 90.5 Å². The number of fused-ring (bicyclic) bond motifs is 14. The second-order valence-electron chi connectivity index (χ2n) is 21.5. The first kappa shape index (κ1) is 61.1. The first-order valence-electron chi connectivity index (χ1n) is 27.7. The van der Waals surface area contributed by atoms with Crippen LogP contribution in [-0.2, 0) is 40.0 Å². The molecule has 7 aromatic carbocycles. The first-order valence-corrected chi connectivity index (χ1v) is 28.5. The molecule has 0 fully saturated rings. The number of aliphatic hydroxyl groups is 1. The number of carbonyl (C=O) groups excluding carboxylic acids is 7. The maximum atomic E-state index is 15.8. The van der Waals surface area contributed by atoms with Crippen LogP contribution >= 0.6 is 23.2 Å². The Kier molecular flexibility index (Phi) is 16.9. The van der Waals surface area contributed by atoms with E-state index in [0.29, 0.717) is 18.5 Å². The number of benzene rings is 7. The highest BCUT2D eigenvalue weighted by molar-refractivity contribution is 6.32. The van der Waals surface area contributed by atoms with E-state index in [0.717, 1.165) is 48.5 Å². The number of nitrogens with one attached hydrogen (secondary N) is 8. The number of aromatic hydroxyl groups is 6. The van der Waals surface area contributed by atoms with E-state index in [9.17, 15) is 50.1 Å². The zero-order valence-electron chi connectivity index (χ0n) is 47.0. The third-order valence-electron chi connectivity index (χ3n) is 15.4. The lowest BCUT2D eigenvalue weighted by Gasteiger charge is -2.31. The van der Waals surface area contributed by atoms with Crippen LogP contribution in [0.5, 0.6) is 69.0 Å². The fraction of sp³-hybridized carbons (Fsp3) is 0.210. The van der Waals surface area contributed by atoms with Crippen LogP contribution in [0.2, 0.25) is 10.0 Å². The second-order valence-corrected chi connectivity index (χ2v) is 22.3. The van der Waals surface area contributed by atoms with Gasteiger partial charge in [0.2, 0.25) is 47.1 Å². The van der Waals surface area contributed by atoms with E-state index in [1.165, 1.54) is 66.7 Å². The summed E-state index contributed by atoms with van der Waals surface area (Å²) >= 11 is 13.8. The summed E-state index contributed by atoms with van der Waals surface area (Å²) in [5.41, 5.74) is 5.03. The van der Waals surface area contributed by atoms with Gasteiger partial charge in [0, 0.05) is 36.2 Å². The molecule has 90 heavy (non-hydrogen) atoms. The molecule has 8 atom stereocenters. The summed E-state index contributed by atoms with van der Waals surface area (Å²) in [5.74, 6) is -13.4. The van der Waals surface area contributed by atoms with Crippen LogP contribution in [0.25, 0.3) is 11.1 Å². The number of carbonyl (C=O) groups is 7. The predicted octanol–water partition coefficient (Wildman–Crippen LogP) is 4.63. The monoisotopic (exact) mass is 1270 g/mol. The van der Waals surface area contributed by atoms with Crippen molar-refractivity contribution in [1.82, 2.24) is 42.5 Å². The Morgan fingerprint density at radius 3 is 1.83 bits per heavy atom. The average Bonchev–Trinajstić information content (AvgIpc) is 1.29. The minimum atomic E-state index is -2.15. The van der Waals surface area contributed by atoms with Gasteiger partial charge >= 0.3 is 0 Å². The van der Waals surface area contributed by atoms with E-state index in [2.05, 4.69) is 42.5 Å². The molecule has 17 N–H and O–H groups in total. The molecule has 28 heteroatoms. The summed E-state index contributed by atoms with van der Waals surface area (Å²) < 4.78 is 18.5. The van der Waals surface area contributed by atoms with Crippen LogP contribution in [0, 0.1) is 0 Å². The number of ether oxygens (including phenoxy) is 3. The average molecular weight is 1270 g/mol. The van der Waals surface area contributed by atoms with Crippen molar-refractivity contribution in [3.63, 3.8) is 0 Å². The number of amides is 7. The molecule has 26 nitrogen and oxygen atoms in total. The van der Waals surface area contributed by atoms with Gasteiger partial charge in [-0.3, -0.25) is 33.6 Å². The van der Waals surface area contributed by atoms with Gasteiger partial charge in [0.05, 0.1) is 10.0 Å². The largest absolute Gasteiger partial charge is 0.508 e. The van der Waals surface area contributed by atoms with Crippen molar-refractivity contribution in [3.05, 3.63) is 164 Å². The highest BCUT2D eigenvalue weighted by Gasteiger charge is 2.41. The van der Waals surface area contributed by atoms with Crippen LogP contribution < -0.4 is 62.5 Å². The zero-order chi connectivity index (χ0) is 64.0. The molecule has 0 radical (unpaired) electrons. The number of halogens is 2. The van der Waals surface area contributed by atoms with Gasteiger partial charge in [0.15, 0.2) is 23.0 Å². The van der Waals surface area contributed by atoms with Crippen LogP contribution in [0.1, 0.15) is 81.7 Å². The number of nitrogens with two attached hydrogens (primary N) is 1. The smallest absolute Gasteiger partial charge is 0.248 e. The van der Waals surface area contributed by atoms with Gasteiger partial charge in [0.25, 0.3) is 0 Å². The summed E-state index contributed by atoms with van der Waals surface area (Å²) in [5, 5.41) is 102. The van der Waals surface area contributed by atoms with Gasteiger partial charge in [-0.25, -0.2) is 0 Å². The minimum absolute atomic E-state index is 0.0432. The molecule has 0 unspecified atom stereocenters. The highest BCUT2D eigenvalue weighted by Crippen LogP contribution is 2.48. The predicted molar refractivity (Wildman–Crippen MR) is 319 cm³/mol. The van der Waals surface area contributed by atoms with Crippen molar-refractivity contribution in [3.8, 4) is 80.1 Å². The fourth-order valence-electron chi connectivity index (χ4n) is 10.8. The first-order chi connectivity index (χ1) is 43.0. The Morgan fingerprint density at radius 1 is 0.544 bits per heavy atom. The van der Waals surface area contributed by atoms with E-state index >= 15 is 19.2 Å². The van der Waals surface area contributed by atoms with Crippen LogP contribution in [0.15, 0.2) is 115 Å². The Hall–Kier alpha value is -10.5. The molecular formula is C62H55Cl2N9O17. The summed E-state index contributed by atoms with van der Waals surface area (Å²) in [4.78, 5) is 105. The van der Waals surface area contributed by atoms with Crippen LogP contribution in [-0.4, -0.2) is 109 Å². The minimum Gasteiger partial charge on any atom is -0.508 e. The van der Waals surface area contributed by atoms with Gasteiger partial charge < -0.3 is 98.2 Å².